The van der Waals surface area contributed by atoms with Crippen LogP contribution in [0.2, 0.25) is 0 Å². The first-order valence-corrected chi connectivity index (χ1v) is 7.83. The van der Waals surface area contributed by atoms with Crippen molar-refractivity contribution in [3.8, 4) is 11.5 Å². The molecule has 3 aromatic rings. The molecule has 0 saturated carbocycles. The number of rotatable bonds is 5. The van der Waals surface area contributed by atoms with Crippen molar-refractivity contribution in [1.29, 1.82) is 0 Å². The summed E-state index contributed by atoms with van der Waals surface area (Å²) >= 11 is 0. The molecule has 3 aromatic carbocycles. The van der Waals surface area contributed by atoms with Crippen LogP contribution < -0.4 is 9.47 Å². The van der Waals surface area contributed by atoms with Gasteiger partial charge in [0, 0.05) is 0 Å². The number of ether oxygens (including phenoxy) is 2. The fourth-order valence-electron chi connectivity index (χ4n) is 2.30. The molecule has 0 saturated heterocycles. The molecule has 0 aliphatic carbocycles. The highest BCUT2D eigenvalue weighted by Crippen LogP contribution is 2.21. The molecule has 0 unspecified atom stereocenters. The molecular formula is C21H16O4. The SMILES string of the molecule is O=C(Cc1ccccc1)Oc1ccccc1C(=O)Oc1ccccc1. The molecule has 3 rings (SSSR count). The van der Waals surface area contributed by atoms with E-state index >= 15 is 0 Å². The fourth-order valence-corrected chi connectivity index (χ4v) is 2.30. The highest BCUT2D eigenvalue weighted by atomic mass is 16.5. The predicted molar refractivity (Wildman–Crippen MR) is 93.6 cm³/mol. The van der Waals surface area contributed by atoms with E-state index in [9.17, 15) is 9.59 Å². The Morgan fingerprint density at radius 3 is 2.00 bits per heavy atom. The maximum absolute atomic E-state index is 12.4. The zero-order valence-electron chi connectivity index (χ0n) is 13.4. The van der Waals surface area contributed by atoms with Gasteiger partial charge in [0.05, 0.1) is 6.42 Å². The minimum atomic E-state index is -0.575. The third-order valence-electron chi connectivity index (χ3n) is 3.48. The second-order valence-electron chi connectivity index (χ2n) is 5.34. The second kappa shape index (κ2) is 7.93. The smallest absolute Gasteiger partial charge is 0.347 e. The Morgan fingerprint density at radius 1 is 0.680 bits per heavy atom. The van der Waals surface area contributed by atoms with E-state index < -0.39 is 11.9 Å². The first kappa shape index (κ1) is 16.5. The molecular weight excluding hydrogens is 316 g/mol. The minimum Gasteiger partial charge on any atom is -0.425 e. The molecule has 0 heterocycles. The number of carbonyl (C=O) groups excluding carboxylic acids is 2. The van der Waals surface area contributed by atoms with Crippen LogP contribution >= 0.6 is 0 Å². The van der Waals surface area contributed by atoms with Crippen LogP contribution in [0.3, 0.4) is 0 Å². The average Bonchev–Trinajstić information content (AvgIpc) is 2.63. The van der Waals surface area contributed by atoms with E-state index in [2.05, 4.69) is 0 Å². The molecule has 0 spiro atoms. The van der Waals surface area contributed by atoms with E-state index in [1.165, 1.54) is 0 Å². The van der Waals surface area contributed by atoms with Gasteiger partial charge in [-0.1, -0.05) is 60.7 Å². The maximum Gasteiger partial charge on any atom is 0.347 e. The minimum absolute atomic E-state index is 0.128. The normalized spacial score (nSPS) is 10.1. The Morgan fingerprint density at radius 2 is 1.28 bits per heavy atom. The molecule has 0 aliphatic heterocycles. The van der Waals surface area contributed by atoms with Crippen LogP contribution in [-0.2, 0) is 11.2 Å². The first-order chi connectivity index (χ1) is 12.2. The molecule has 0 fully saturated rings. The van der Waals surface area contributed by atoms with Gasteiger partial charge in [-0.25, -0.2) is 4.79 Å². The molecule has 0 radical (unpaired) electrons. The Bertz CT molecular complexity index is 857. The van der Waals surface area contributed by atoms with Crippen LogP contribution in [-0.4, -0.2) is 11.9 Å². The van der Waals surface area contributed by atoms with Crippen LogP contribution in [0.4, 0.5) is 0 Å². The van der Waals surface area contributed by atoms with Gasteiger partial charge in [0.2, 0.25) is 0 Å². The highest BCUT2D eigenvalue weighted by molar-refractivity contribution is 5.95. The van der Waals surface area contributed by atoms with Gasteiger partial charge in [-0.15, -0.1) is 0 Å². The summed E-state index contributed by atoms with van der Waals surface area (Å²) in [4.78, 5) is 24.5. The number of benzene rings is 3. The number of carbonyl (C=O) groups is 2. The summed E-state index contributed by atoms with van der Waals surface area (Å²) < 4.78 is 10.7. The van der Waals surface area contributed by atoms with Gasteiger partial charge in [0.15, 0.2) is 0 Å². The summed E-state index contributed by atoms with van der Waals surface area (Å²) in [6, 6.07) is 24.5. The van der Waals surface area contributed by atoms with Crippen LogP contribution in [0, 0.1) is 0 Å². The van der Waals surface area contributed by atoms with Crippen molar-refractivity contribution >= 4 is 11.9 Å². The van der Waals surface area contributed by atoms with Crippen LogP contribution in [0.5, 0.6) is 11.5 Å². The molecule has 0 amide bonds. The summed E-state index contributed by atoms with van der Waals surface area (Å²) in [6.07, 6.45) is 0.128. The summed E-state index contributed by atoms with van der Waals surface area (Å²) in [5.74, 6) is -0.400. The molecule has 0 aliphatic rings. The lowest BCUT2D eigenvalue weighted by atomic mass is 10.1. The maximum atomic E-state index is 12.4. The van der Waals surface area contributed by atoms with Gasteiger partial charge >= 0.3 is 11.9 Å². The molecule has 4 heteroatoms. The van der Waals surface area contributed by atoms with Gasteiger partial charge < -0.3 is 9.47 Å². The van der Waals surface area contributed by atoms with Crippen molar-refractivity contribution in [3.05, 3.63) is 96.1 Å². The Labute approximate surface area is 145 Å². The van der Waals surface area contributed by atoms with E-state index in [1.54, 1.807) is 48.5 Å². The fraction of sp³-hybridized carbons (Fsp3) is 0.0476. The third-order valence-corrected chi connectivity index (χ3v) is 3.48. The lowest BCUT2D eigenvalue weighted by Gasteiger charge is -2.10. The molecule has 0 bridgehead atoms. The van der Waals surface area contributed by atoms with Crippen LogP contribution in [0.15, 0.2) is 84.9 Å². The molecule has 124 valence electrons. The molecule has 0 N–H and O–H groups in total. The average molecular weight is 332 g/mol. The molecule has 4 nitrogen and oxygen atoms in total. The lowest BCUT2D eigenvalue weighted by molar-refractivity contribution is -0.133. The van der Waals surface area contributed by atoms with Crippen LogP contribution in [0.1, 0.15) is 15.9 Å². The highest BCUT2D eigenvalue weighted by Gasteiger charge is 2.17. The number of hydrogen-bond donors (Lipinski definition) is 0. The van der Waals surface area contributed by atoms with Gasteiger partial charge in [-0.3, -0.25) is 4.79 Å². The number of hydrogen-bond acceptors (Lipinski definition) is 4. The zero-order chi connectivity index (χ0) is 17.5. The van der Waals surface area contributed by atoms with Gasteiger partial charge in [0.25, 0.3) is 0 Å². The largest absolute Gasteiger partial charge is 0.425 e. The predicted octanol–water partition coefficient (Wildman–Crippen LogP) is 4.05. The first-order valence-electron chi connectivity index (χ1n) is 7.83. The van der Waals surface area contributed by atoms with Gasteiger partial charge in [-0.2, -0.15) is 0 Å². The summed E-state index contributed by atoms with van der Waals surface area (Å²) in [5.41, 5.74) is 1.05. The van der Waals surface area contributed by atoms with E-state index in [0.29, 0.717) is 5.75 Å². The number of esters is 2. The number of para-hydroxylation sites is 2. The summed E-state index contributed by atoms with van der Waals surface area (Å²) in [5, 5.41) is 0. The Hall–Kier alpha value is -3.40. The lowest BCUT2D eigenvalue weighted by Crippen LogP contribution is -2.15. The van der Waals surface area contributed by atoms with Crippen molar-refractivity contribution in [2.75, 3.05) is 0 Å². The molecule has 0 atom stereocenters. The Balaban J connectivity index is 1.72. The standard InChI is InChI=1S/C21H16O4/c22-20(15-16-9-3-1-4-10-16)25-19-14-8-7-13-18(19)21(23)24-17-11-5-2-6-12-17/h1-14H,15H2. The summed E-state index contributed by atoms with van der Waals surface area (Å²) in [7, 11) is 0. The van der Waals surface area contributed by atoms with E-state index in [4.69, 9.17) is 9.47 Å². The topological polar surface area (TPSA) is 52.6 Å². The molecule has 25 heavy (non-hydrogen) atoms. The quantitative estimate of drug-likeness (QED) is 0.522. The van der Waals surface area contributed by atoms with Gasteiger partial charge in [-0.05, 0) is 29.8 Å². The van der Waals surface area contributed by atoms with E-state index in [-0.39, 0.29) is 17.7 Å². The third kappa shape index (κ3) is 4.54. The van der Waals surface area contributed by atoms with Crippen molar-refractivity contribution in [3.63, 3.8) is 0 Å². The summed E-state index contributed by atoms with van der Waals surface area (Å²) in [6.45, 7) is 0. The second-order valence-corrected chi connectivity index (χ2v) is 5.34. The monoisotopic (exact) mass is 332 g/mol. The Kier molecular flexibility index (Phi) is 5.22. The van der Waals surface area contributed by atoms with E-state index in [1.807, 2.05) is 36.4 Å². The van der Waals surface area contributed by atoms with Crippen molar-refractivity contribution in [1.82, 2.24) is 0 Å². The van der Waals surface area contributed by atoms with E-state index in [0.717, 1.165) is 5.56 Å². The zero-order valence-corrected chi connectivity index (χ0v) is 13.4. The van der Waals surface area contributed by atoms with Crippen molar-refractivity contribution in [2.24, 2.45) is 0 Å². The van der Waals surface area contributed by atoms with Crippen molar-refractivity contribution < 1.29 is 19.1 Å². The van der Waals surface area contributed by atoms with Gasteiger partial charge in [0.1, 0.15) is 17.1 Å². The molecule has 0 aromatic heterocycles. The van der Waals surface area contributed by atoms with Crippen molar-refractivity contribution in [2.45, 2.75) is 6.42 Å². The van der Waals surface area contributed by atoms with Crippen LogP contribution in [0.25, 0.3) is 0 Å².